The number of thiocarbonyl (C=S) groups is 1. The van der Waals surface area contributed by atoms with Gasteiger partial charge in [-0.3, -0.25) is 4.79 Å². The highest BCUT2D eigenvalue weighted by Gasteiger charge is 2.30. The van der Waals surface area contributed by atoms with E-state index >= 15 is 0 Å². The van der Waals surface area contributed by atoms with Gasteiger partial charge in [0.15, 0.2) is 11.3 Å². The van der Waals surface area contributed by atoms with E-state index in [-0.39, 0.29) is 0 Å². The topological polar surface area (TPSA) is 82.0 Å². The van der Waals surface area contributed by atoms with E-state index in [1.54, 1.807) is 12.3 Å². The number of nitrogens with one attached hydrogen (secondary N) is 2. The van der Waals surface area contributed by atoms with Crippen LogP contribution in [0.25, 0.3) is 0 Å². The Labute approximate surface area is 121 Å². The highest BCUT2D eigenvalue weighted by atomic mass is 32.1. The number of esters is 1. The summed E-state index contributed by atoms with van der Waals surface area (Å²) in [4.78, 5) is 11.0. The second-order valence-electron chi connectivity index (χ2n) is 4.05. The monoisotopic (exact) mass is 300 g/mol. The summed E-state index contributed by atoms with van der Waals surface area (Å²) in [6, 6.07) is 3.62. The van der Waals surface area contributed by atoms with E-state index < -0.39 is 18.5 Å². The summed E-state index contributed by atoms with van der Waals surface area (Å²) in [5.74, 6) is 0.313. The average Bonchev–Trinajstić information content (AvgIpc) is 2.91. The maximum Gasteiger partial charge on any atom is 0.305 e. The lowest BCUT2D eigenvalue weighted by Gasteiger charge is -2.31. The second-order valence-corrected chi connectivity index (χ2v) is 4.45. The fraction of sp³-hybridized carbons (Fsp3) is 0.500. The van der Waals surface area contributed by atoms with Crippen molar-refractivity contribution in [1.29, 1.82) is 0 Å². The lowest BCUT2D eigenvalue weighted by Crippen LogP contribution is -2.53. The van der Waals surface area contributed by atoms with Crippen LogP contribution in [0.1, 0.15) is 12.7 Å². The normalized spacial score (nSPS) is 22.1. The Morgan fingerprint density at radius 2 is 2.30 bits per heavy atom. The number of rotatable bonds is 4. The molecular formula is C12H16N2O5S. The van der Waals surface area contributed by atoms with Gasteiger partial charge in [-0.15, -0.1) is 0 Å². The van der Waals surface area contributed by atoms with Crippen LogP contribution in [0.3, 0.4) is 0 Å². The van der Waals surface area contributed by atoms with E-state index in [2.05, 4.69) is 10.6 Å². The largest absolute Gasteiger partial charge is 0.467 e. The van der Waals surface area contributed by atoms with E-state index in [1.165, 1.54) is 6.92 Å². The minimum atomic E-state index is -0.815. The molecule has 2 heterocycles. The lowest BCUT2D eigenvalue weighted by molar-refractivity contribution is -0.244. The van der Waals surface area contributed by atoms with Crippen LogP contribution in [0.4, 0.5) is 0 Å². The molecule has 0 radical (unpaired) electrons. The van der Waals surface area contributed by atoms with Gasteiger partial charge < -0.3 is 29.3 Å². The van der Waals surface area contributed by atoms with E-state index in [0.29, 0.717) is 24.9 Å². The number of hydrogen-bond acceptors (Lipinski definition) is 6. The van der Waals surface area contributed by atoms with E-state index in [9.17, 15) is 4.79 Å². The van der Waals surface area contributed by atoms with Crippen LogP contribution in [0, 0.1) is 0 Å². The maximum atomic E-state index is 11.0. The van der Waals surface area contributed by atoms with Crippen molar-refractivity contribution < 1.29 is 23.4 Å². The molecule has 20 heavy (non-hydrogen) atoms. The minimum absolute atomic E-state index is 0.356. The molecule has 1 fully saturated rings. The van der Waals surface area contributed by atoms with Gasteiger partial charge in [0.1, 0.15) is 5.76 Å². The molecule has 1 saturated heterocycles. The van der Waals surface area contributed by atoms with Crippen molar-refractivity contribution in [3.8, 4) is 0 Å². The maximum absolute atomic E-state index is 11.0. The molecule has 2 N–H and O–H groups in total. The van der Waals surface area contributed by atoms with Crippen LogP contribution >= 0.6 is 12.2 Å². The Morgan fingerprint density at radius 3 is 3.00 bits per heavy atom. The third-order valence-corrected chi connectivity index (χ3v) is 2.73. The van der Waals surface area contributed by atoms with Crippen LogP contribution in [-0.4, -0.2) is 36.8 Å². The molecule has 0 spiro atoms. The van der Waals surface area contributed by atoms with Gasteiger partial charge in [0.2, 0.25) is 6.29 Å². The molecule has 0 amide bonds. The van der Waals surface area contributed by atoms with E-state index in [1.807, 2.05) is 6.07 Å². The van der Waals surface area contributed by atoms with Crippen LogP contribution in [0.5, 0.6) is 0 Å². The van der Waals surface area contributed by atoms with Crippen molar-refractivity contribution in [3.63, 3.8) is 0 Å². The van der Waals surface area contributed by atoms with Crippen molar-refractivity contribution in [2.75, 3.05) is 13.2 Å². The molecule has 0 unspecified atom stereocenters. The molecule has 0 aliphatic carbocycles. The molecule has 110 valence electrons. The molecular weight excluding hydrogens is 284 g/mol. The van der Waals surface area contributed by atoms with Crippen molar-refractivity contribution >= 4 is 23.3 Å². The zero-order valence-corrected chi connectivity index (χ0v) is 11.8. The van der Waals surface area contributed by atoms with Crippen molar-refractivity contribution in [1.82, 2.24) is 10.6 Å². The number of hydrogen-bond donors (Lipinski definition) is 2. The summed E-state index contributed by atoms with van der Waals surface area (Å²) < 4.78 is 20.9. The minimum Gasteiger partial charge on any atom is -0.467 e. The number of carbonyl (C=O) groups excluding carboxylic acids is 1. The van der Waals surface area contributed by atoms with Crippen LogP contribution in [0.15, 0.2) is 22.8 Å². The third-order valence-electron chi connectivity index (χ3n) is 2.47. The van der Waals surface area contributed by atoms with Crippen molar-refractivity contribution in [3.05, 3.63) is 24.2 Å². The van der Waals surface area contributed by atoms with Gasteiger partial charge in [-0.1, -0.05) is 0 Å². The zero-order chi connectivity index (χ0) is 14.4. The standard InChI is InChI=1S/C12H16N2O5S/c1-8(15)19-11-10(17-5-6-18-11)14-12(20)13-7-9-3-2-4-16-9/h2-4,10-11H,5-7H2,1H3,(H2,13,14,20)/t10-,11-/m0/s1. The van der Waals surface area contributed by atoms with Crippen molar-refractivity contribution in [2.24, 2.45) is 0 Å². The first kappa shape index (κ1) is 14.8. The predicted octanol–water partition coefficient (Wildman–Crippen LogP) is 0.506. The van der Waals surface area contributed by atoms with Gasteiger partial charge in [0.25, 0.3) is 0 Å². The summed E-state index contributed by atoms with van der Waals surface area (Å²) in [7, 11) is 0. The molecule has 2 atom stereocenters. The van der Waals surface area contributed by atoms with Crippen molar-refractivity contribution in [2.45, 2.75) is 26.0 Å². The highest BCUT2D eigenvalue weighted by molar-refractivity contribution is 7.80. The Morgan fingerprint density at radius 1 is 1.50 bits per heavy atom. The molecule has 2 rings (SSSR count). The zero-order valence-electron chi connectivity index (χ0n) is 11.0. The Bertz CT molecular complexity index is 451. The molecule has 0 saturated carbocycles. The van der Waals surface area contributed by atoms with E-state index in [4.69, 9.17) is 30.8 Å². The fourth-order valence-electron chi connectivity index (χ4n) is 1.64. The first-order chi connectivity index (χ1) is 9.65. The second kappa shape index (κ2) is 7.22. The molecule has 8 heteroatoms. The van der Waals surface area contributed by atoms with E-state index in [0.717, 1.165) is 5.76 Å². The summed E-state index contributed by atoms with van der Waals surface area (Å²) in [5.41, 5.74) is 0. The summed E-state index contributed by atoms with van der Waals surface area (Å²) in [5, 5.41) is 6.20. The number of furan rings is 1. The highest BCUT2D eigenvalue weighted by Crippen LogP contribution is 2.09. The Kier molecular flexibility index (Phi) is 5.33. The Balaban J connectivity index is 1.80. The van der Waals surface area contributed by atoms with Crippen LogP contribution in [-0.2, 0) is 25.5 Å². The first-order valence-corrected chi connectivity index (χ1v) is 6.53. The first-order valence-electron chi connectivity index (χ1n) is 6.12. The van der Waals surface area contributed by atoms with Gasteiger partial charge in [0.05, 0.1) is 26.0 Å². The van der Waals surface area contributed by atoms with Gasteiger partial charge in [-0.25, -0.2) is 0 Å². The van der Waals surface area contributed by atoms with Gasteiger partial charge in [0, 0.05) is 6.92 Å². The predicted molar refractivity (Wildman–Crippen MR) is 72.5 cm³/mol. The Hall–Kier alpha value is -1.64. The molecule has 1 aromatic rings. The van der Waals surface area contributed by atoms with Gasteiger partial charge in [-0.2, -0.15) is 0 Å². The molecule has 1 aliphatic rings. The molecule has 7 nitrogen and oxygen atoms in total. The summed E-state index contributed by atoms with van der Waals surface area (Å²) in [6.45, 7) is 2.52. The molecule has 0 aromatic carbocycles. The summed E-state index contributed by atoms with van der Waals surface area (Å²) in [6.07, 6.45) is 0.135. The van der Waals surface area contributed by atoms with Crippen LogP contribution in [0.2, 0.25) is 0 Å². The summed E-state index contributed by atoms with van der Waals surface area (Å²) >= 11 is 5.13. The average molecular weight is 300 g/mol. The lowest BCUT2D eigenvalue weighted by atomic mass is 10.4. The molecule has 1 aliphatic heterocycles. The van der Waals surface area contributed by atoms with Crippen LogP contribution < -0.4 is 10.6 Å². The smallest absolute Gasteiger partial charge is 0.305 e. The SMILES string of the molecule is CC(=O)O[C@@H]1OCCO[C@@H]1NC(=S)NCc1ccco1. The number of ether oxygens (including phenoxy) is 3. The quantitative estimate of drug-likeness (QED) is 0.615. The third kappa shape index (κ3) is 4.48. The number of carbonyl (C=O) groups is 1. The molecule has 0 bridgehead atoms. The van der Waals surface area contributed by atoms with Gasteiger partial charge >= 0.3 is 5.97 Å². The molecule has 1 aromatic heterocycles. The fourth-order valence-corrected chi connectivity index (χ4v) is 1.82. The van der Waals surface area contributed by atoms with Gasteiger partial charge in [-0.05, 0) is 24.4 Å².